The number of carbonyl (C=O) groups excluding carboxylic acids is 1. The monoisotopic (exact) mass is 372 g/mol. The van der Waals surface area contributed by atoms with Crippen molar-refractivity contribution in [2.75, 3.05) is 5.32 Å². The van der Waals surface area contributed by atoms with Crippen molar-refractivity contribution >= 4 is 22.4 Å². The number of rotatable bonds is 4. The third kappa shape index (κ3) is 4.06. The average molecular weight is 372 g/mol. The molecule has 2 aliphatic rings. The van der Waals surface area contributed by atoms with Crippen LogP contribution in [0, 0.1) is 23.3 Å². The molecular weight excluding hydrogens is 353 g/mol. The molecule has 5 nitrogen and oxygen atoms in total. The molecule has 1 aromatic rings. The van der Waals surface area contributed by atoms with Crippen molar-refractivity contribution in [3.8, 4) is 6.19 Å². The number of carbonyl (C=O) groups is 1. The van der Waals surface area contributed by atoms with Crippen molar-refractivity contribution in [1.29, 1.82) is 5.26 Å². The van der Waals surface area contributed by atoms with Gasteiger partial charge in [0.05, 0.1) is 5.92 Å². The lowest BCUT2D eigenvalue weighted by molar-refractivity contribution is -0.187. The first-order valence-electron chi connectivity index (χ1n) is 8.36. The highest BCUT2D eigenvalue weighted by molar-refractivity contribution is 7.15. The normalized spacial score (nSPS) is 29.4. The zero-order chi connectivity index (χ0) is 18.0. The summed E-state index contributed by atoms with van der Waals surface area (Å²) in [6.45, 7) is 0. The van der Waals surface area contributed by atoms with E-state index in [0.29, 0.717) is 35.7 Å². The van der Waals surface area contributed by atoms with Crippen LogP contribution in [0.2, 0.25) is 0 Å². The quantitative estimate of drug-likeness (QED) is 0.623. The number of nitrogens with one attached hydrogen (secondary N) is 2. The maximum Gasteiger partial charge on any atom is 0.392 e. The molecule has 3 rings (SSSR count). The number of nitriles is 1. The fourth-order valence-electron chi connectivity index (χ4n) is 3.63. The molecule has 25 heavy (non-hydrogen) atoms. The van der Waals surface area contributed by atoms with Gasteiger partial charge in [0.1, 0.15) is 0 Å². The Bertz CT molecular complexity index is 663. The molecule has 1 amide bonds. The highest BCUT2D eigenvalue weighted by atomic mass is 32.1. The minimum absolute atomic E-state index is 0.0300. The van der Waals surface area contributed by atoms with Crippen LogP contribution in [0.15, 0.2) is 6.20 Å². The fourth-order valence-corrected chi connectivity index (χ4v) is 4.65. The molecule has 2 atom stereocenters. The van der Waals surface area contributed by atoms with Crippen molar-refractivity contribution in [1.82, 2.24) is 10.3 Å². The smallest absolute Gasteiger partial charge is 0.321 e. The van der Waals surface area contributed by atoms with Gasteiger partial charge in [-0.2, -0.15) is 18.4 Å². The minimum atomic E-state index is -4.20. The van der Waals surface area contributed by atoms with E-state index in [1.807, 2.05) is 6.19 Å². The first-order valence-corrected chi connectivity index (χ1v) is 9.18. The first kappa shape index (κ1) is 18.0. The molecule has 0 aromatic carbocycles. The van der Waals surface area contributed by atoms with Gasteiger partial charge in [-0.25, -0.2) is 4.98 Å². The van der Waals surface area contributed by atoms with Crippen LogP contribution in [-0.2, 0) is 4.79 Å². The number of hydrogen-bond donors (Lipinski definition) is 2. The summed E-state index contributed by atoms with van der Waals surface area (Å²) in [5, 5.41) is 14.2. The molecule has 2 fully saturated rings. The van der Waals surface area contributed by atoms with Crippen molar-refractivity contribution < 1.29 is 18.0 Å². The zero-order valence-electron chi connectivity index (χ0n) is 13.5. The highest BCUT2D eigenvalue weighted by Crippen LogP contribution is 2.48. The SMILES string of the molecule is N#CN[C@H]1C[C@H](C(=O)Nc2ncc([C@@H]3CCCC[C@H]3C(F)(F)F)s2)C1. The van der Waals surface area contributed by atoms with Gasteiger partial charge in [0.2, 0.25) is 5.91 Å². The molecule has 2 aliphatic carbocycles. The molecule has 0 aliphatic heterocycles. The third-order valence-corrected chi connectivity index (χ3v) is 6.13. The third-order valence-electron chi connectivity index (χ3n) is 5.08. The van der Waals surface area contributed by atoms with Gasteiger partial charge in [-0.1, -0.05) is 12.8 Å². The molecule has 136 valence electrons. The summed E-state index contributed by atoms with van der Waals surface area (Å²) < 4.78 is 39.7. The minimum Gasteiger partial charge on any atom is -0.321 e. The van der Waals surface area contributed by atoms with Gasteiger partial charge in [0, 0.05) is 29.0 Å². The molecule has 9 heteroatoms. The Hall–Kier alpha value is -1.82. The van der Waals surface area contributed by atoms with Crippen LogP contribution in [0.1, 0.15) is 49.3 Å². The van der Waals surface area contributed by atoms with Gasteiger partial charge in [0.25, 0.3) is 0 Å². The van der Waals surface area contributed by atoms with E-state index < -0.39 is 18.0 Å². The second-order valence-corrected chi connectivity index (χ2v) is 7.78. The van der Waals surface area contributed by atoms with Crippen LogP contribution >= 0.6 is 11.3 Å². The first-order chi connectivity index (χ1) is 11.9. The largest absolute Gasteiger partial charge is 0.392 e. The molecule has 0 saturated heterocycles. The second-order valence-electron chi connectivity index (χ2n) is 6.72. The van der Waals surface area contributed by atoms with Crippen molar-refractivity contribution in [3.05, 3.63) is 11.1 Å². The van der Waals surface area contributed by atoms with Crippen LogP contribution < -0.4 is 10.6 Å². The Morgan fingerprint density at radius 2 is 2.04 bits per heavy atom. The summed E-state index contributed by atoms with van der Waals surface area (Å²) in [7, 11) is 0. The summed E-state index contributed by atoms with van der Waals surface area (Å²) in [6, 6.07) is 0.0300. The molecule has 0 unspecified atom stereocenters. The number of alkyl halides is 3. The number of aromatic nitrogens is 1. The van der Waals surface area contributed by atoms with E-state index in [-0.39, 0.29) is 24.3 Å². The summed E-state index contributed by atoms with van der Waals surface area (Å²) >= 11 is 1.14. The number of halogens is 3. The molecule has 0 spiro atoms. The number of amides is 1. The number of nitrogens with zero attached hydrogens (tertiary/aromatic N) is 2. The van der Waals surface area contributed by atoms with E-state index >= 15 is 0 Å². The second kappa shape index (κ2) is 7.20. The topological polar surface area (TPSA) is 77.8 Å². The van der Waals surface area contributed by atoms with E-state index in [1.54, 1.807) is 0 Å². The van der Waals surface area contributed by atoms with Gasteiger partial charge >= 0.3 is 6.18 Å². The van der Waals surface area contributed by atoms with Gasteiger partial charge < -0.3 is 10.6 Å². The number of hydrogen-bond acceptors (Lipinski definition) is 5. The number of thiazole rings is 1. The van der Waals surface area contributed by atoms with Crippen molar-refractivity contribution in [2.24, 2.45) is 11.8 Å². The van der Waals surface area contributed by atoms with E-state index in [1.165, 1.54) is 6.20 Å². The van der Waals surface area contributed by atoms with Crippen LogP contribution in [0.3, 0.4) is 0 Å². The molecule has 2 saturated carbocycles. The molecular formula is C16H19F3N4OS. The molecule has 1 heterocycles. The Labute approximate surface area is 147 Å². The van der Waals surface area contributed by atoms with Crippen LogP contribution in [0.4, 0.5) is 18.3 Å². The predicted octanol–water partition coefficient (Wildman–Crippen LogP) is 3.77. The maximum absolute atomic E-state index is 13.2. The Morgan fingerprint density at radius 1 is 1.32 bits per heavy atom. The Morgan fingerprint density at radius 3 is 2.72 bits per heavy atom. The van der Waals surface area contributed by atoms with Crippen molar-refractivity contribution in [2.45, 2.75) is 56.7 Å². The van der Waals surface area contributed by atoms with Crippen LogP contribution in [-0.4, -0.2) is 23.1 Å². The standard InChI is InChI=1S/C16H19F3N4OS/c17-16(18,19)12-4-2-1-3-11(12)13-7-21-15(25-13)23-14(24)9-5-10(6-9)22-8-20/h7,9-12,22H,1-6H2,(H,21,23,24)/t9-,10-,11-,12-/m1/s1. The molecule has 0 radical (unpaired) electrons. The highest BCUT2D eigenvalue weighted by Gasteiger charge is 2.46. The van der Waals surface area contributed by atoms with E-state index in [0.717, 1.165) is 17.8 Å². The van der Waals surface area contributed by atoms with Gasteiger partial charge in [-0.05, 0) is 25.7 Å². The summed E-state index contributed by atoms with van der Waals surface area (Å²) in [5.74, 6) is -2.26. The van der Waals surface area contributed by atoms with Gasteiger partial charge in [0.15, 0.2) is 11.3 Å². The van der Waals surface area contributed by atoms with Crippen molar-refractivity contribution in [3.63, 3.8) is 0 Å². The molecule has 2 N–H and O–H groups in total. The van der Waals surface area contributed by atoms with E-state index in [9.17, 15) is 18.0 Å². The zero-order valence-corrected chi connectivity index (χ0v) is 14.3. The Balaban J connectivity index is 1.60. The van der Waals surface area contributed by atoms with Gasteiger partial charge in [-0.3, -0.25) is 4.79 Å². The average Bonchev–Trinajstić information content (AvgIpc) is 2.98. The fraction of sp³-hybridized carbons (Fsp3) is 0.688. The summed E-state index contributed by atoms with van der Waals surface area (Å²) in [5.41, 5.74) is 0. The van der Waals surface area contributed by atoms with E-state index in [2.05, 4.69) is 15.6 Å². The van der Waals surface area contributed by atoms with Crippen LogP contribution in [0.5, 0.6) is 0 Å². The lowest BCUT2D eigenvalue weighted by atomic mass is 9.78. The van der Waals surface area contributed by atoms with Crippen LogP contribution in [0.25, 0.3) is 0 Å². The number of anilines is 1. The summed E-state index contributed by atoms with van der Waals surface area (Å²) in [6.07, 6.45) is 2.32. The predicted molar refractivity (Wildman–Crippen MR) is 86.8 cm³/mol. The van der Waals surface area contributed by atoms with E-state index in [4.69, 9.17) is 5.26 Å². The summed E-state index contributed by atoms with van der Waals surface area (Å²) in [4.78, 5) is 16.8. The lowest BCUT2D eigenvalue weighted by Crippen LogP contribution is -2.44. The lowest BCUT2D eigenvalue weighted by Gasteiger charge is -2.32. The molecule has 1 aromatic heterocycles. The van der Waals surface area contributed by atoms with Gasteiger partial charge in [-0.15, -0.1) is 11.3 Å². The maximum atomic E-state index is 13.2. The Kier molecular flexibility index (Phi) is 5.18. The molecule has 0 bridgehead atoms.